The highest BCUT2D eigenvalue weighted by molar-refractivity contribution is 7.21. The van der Waals surface area contributed by atoms with E-state index in [2.05, 4.69) is 4.98 Å². The fourth-order valence-electron chi connectivity index (χ4n) is 2.50. The molecule has 3 aromatic rings. The van der Waals surface area contributed by atoms with Gasteiger partial charge in [0.2, 0.25) is 5.78 Å². The van der Waals surface area contributed by atoms with Crippen LogP contribution in [0.5, 0.6) is 0 Å². The van der Waals surface area contributed by atoms with Gasteiger partial charge in [-0.3, -0.25) is 14.9 Å². The van der Waals surface area contributed by atoms with Crippen LogP contribution in [-0.2, 0) is 6.18 Å². The summed E-state index contributed by atoms with van der Waals surface area (Å²) < 4.78 is 39.9. The van der Waals surface area contributed by atoms with Gasteiger partial charge in [0.25, 0.3) is 5.69 Å². The summed E-state index contributed by atoms with van der Waals surface area (Å²) >= 11 is 0.762. The number of aryl methyl sites for hydroxylation is 1. The van der Waals surface area contributed by atoms with Gasteiger partial charge in [0, 0.05) is 28.8 Å². The standard InChI is InChI=1S/C16H10F3N3O3S/c1-7-6-10(16(17,18)19)11-12(20)14(26-15(11)21-7)13(23)8-2-4-9(5-3-8)22(24)25/h2-6H,20H2,1H3. The van der Waals surface area contributed by atoms with Crippen molar-refractivity contribution < 1.29 is 22.9 Å². The molecular formula is C16H10F3N3O3S. The highest BCUT2D eigenvalue weighted by atomic mass is 32.1. The topological polar surface area (TPSA) is 99.1 Å². The summed E-state index contributed by atoms with van der Waals surface area (Å²) in [6.45, 7) is 1.42. The van der Waals surface area contributed by atoms with Gasteiger partial charge in [0.15, 0.2) is 0 Å². The van der Waals surface area contributed by atoms with Gasteiger partial charge in [0.1, 0.15) is 9.71 Å². The van der Waals surface area contributed by atoms with Crippen molar-refractivity contribution in [2.45, 2.75) is 13.1 Å². The number of nitrogens with zero attached hydrogens (tertiary/aromatic N) is 2. The molecule has 0 aliphatic carbocycles. The van der Waals surface area contributed by atoms with Gasteiger partial charge in [0.05, 0.1) is 16.2 Å². The molecule has 2 aromatic heterocycles. The number of nitrogens with two attached hydrogens (primary N) is 1. The van der Waals surface area contributed by atoms with Gasteiger partial charge in [-0.2, -0.15) is 13.2 Å². The number of ketones is 1. The number of aromatic nitrogens is 1. The third kappa shape index (κ3) is 2.99. The Hall–Kier alpha value is -3.01. The zero-order valence-electron chi connectivity index (χ0n) is 13.1. The lowest BCUT2D eigenvalue weighted by Gasteiger charge is -2.09. The highest BCUT2D eigenvalue weighted by Gasteiger charge is 2.36. The Morgan fingerprint density at radius 2 is 1.88 bits per heavy atom. The average molecular weight is 381 g/mol. The lowest BCUT2D eigenvalue weighted by molar-refractivity contribution is -0.384. The van der Waals surface area contributed by atoms with Crippen molar-refractivity contribution in [3.05, 3.63) is 62.1 Å². The van der Waals surface area contributed by atoms with Gasteiger partial charge in [-0.1, -0.05) is 0 Å². The number of benzene rings is 1. The molecule has 0 saturated carbocycles. The van der Waals surface area contributed by atoms with Crippen molar-refractivity contribution in [1.82, 2.24) is 4.98 Å². The number of carbonyl (C=O) groups is 1. The largest absolute Gasteiger partial charge is 0.417 e. The number of thiophene rings is 1. The van der Waals surface area contributed by atoms with Gasteiger partial charge in [-0.25, -0.2) is 4.98 Å². The Morgan fingerprint density at radius 1 is 1.27 bits per heavy atom. The van der Waals surface area contributed by atoms with Crippen molar-refractivity contribution in [2.75, 3.05) is 5.73 Å². The maximum atomic E-state index is 13.3. The number of anilines is 1. The van der Waals surface area contributed by atoms with E-state index < -0.39 is 22.4 Å². The van der Waals surface area contributed by atoms with Crippen LogP contribution in [0.1, 0.15) is 26.5 Å². The maximum absolute atomic E-state index is 13.3. The lowest BCUT2D eigenvalue weighted by atomic mass is 10.1. The van der Waals surface area contributed by atoms with Crippen molar-refractivity contribution in [3.8, 4) is 0 Å². The SMILES string of the molecule is Cc1cc(C(F)(F)F)c2c(N)c(C(=O)c3ccc([N+](=O)[O-])cc3)sc2n1. The zero-order chi connectivity index (χ0) is 19.2. The highest BCUT2D eigenvalue weighted by Crippen LogP contribution is 2.42. The van der Waals surface area contributed by atoms with Crippen LogP contribution in [0.25, 0.3) is 10.2 Å². The first kappa shape index (κ1) is 17.8. The van der Waals surface area contributed by atoms with E-state index >= 15 is 0 Å². The molecule has 0 radical (unpaired) electrons. The van der Waals surface area contributed by atoms with Gasteiger partial charge in [-0.05, 0) is 25.1 Å². The summed E-state index contributed by atoms with van der Waals surface area (Å²) in [6, 6.07) is 5.62. The lowest BCUT2D eigenvalue weighted by Crippen LogP contribution is -2.08. The van der Waals surface area contributed by atoms with Crippen LogP contribution in [0.3, 0.4) is 0 Å². The Labute approximate surface area is 148 Å². The molecule has 6 nitrogen and oxygen atoms in total. The Morgan fingerprint density at radius 3 is 2.42 bits per heavy atom. The van der Waals surface area contributed by atoms with E-state index in [-0.39, 0.29) is 37.7 Å². The molecule has 0 fully saturated rings. The molecule has 0 aliphatic heterocycles. The molecule has 26 heavy (non-hydrogen) atoms. The minimum Gasteiger partial charge on any atom is -0.397 e. The van der Waals surface area contributed by atoms with E-state index in [1.54, 1.807) is 0 Å². The second-order valence-corrected chi connectivity index (χ2v) is 6.47. The number of nitrogen functional groups attached to an aromatic ring is 1. The van der Waals surface area contributed by atoms with Crippen molar-refractivity contribution >= 4 is 38.7 Å². The first-order valence-electron chi connectivity index (χ1n) is 7.15. The van der Waals surface area contributed by atoms with Crippen molar-refractivity contribution in [1.29, 1.82) is 0 Å². The molecule has 0 spiro atoms. The maximum Gasteiger partial charge on any atom is 0.417 e. The second kappa shape index (κ2) is 6.06. The number of hydrogen-bond acceptors (Lipinski definition) is 6. The normalized spacial score (nSPS) is 11.7. The number of pyridine rings is 1. The zero-order valence-corrected chi connectivity index (χ0v) is 13.9. The van der Waals surface area contributed by atoms with E-state index in [1.807, 2.05) is 0 Å². The predicted molar refractivity (Wildman–Crippen MR) is 90.3 cm³/mol. The Bertz CT molecular complexity index is 1040. The summed E-state index contributed by atoms with van der Waals surface area (Å²) in [7, 11) is 0. The number of hydrogen-bond donors (Lipinski definition) is 1. The fraction of sp³-hybridized carbons (Fsp3) is 0.125. The minimum atomic E-state index is -4.64. The number of nitro groups is 1. The molecule has 0 atom stereocenters. The van der Waals surface area contributed by atoms with Crippen molar-refractivity contribution in [3.63, 3.8) is 0 Å². The van der Waals surface area contributed by atoms with Crippen LogP contribution < -0.4 is 5.73 Å². The predicted octanol–water partition coefficient (Wildman–Crippen LogP) is 4.34. The molecular weight excluding hydrogens is 371 g/mol. The molecule has 0 unspecified atom stereocenters. The average Bonchev–Trinajstić information content (AvgIpc) is 2.89. The number of nitro benzene ring substituents is 1. The smallest absolute Gasteiger partial charge is 0.397 e. The minimum absolute atomic E-state index is 0.0140. The van der Waals surface area contributed by atoms with Gasteiger partial charge < -0.3 is 5.73 Å². The molecule has 0 aliphatic rings. The molecule has 0 bridgehead atoms. The molecule has 134 valence electrons. The summed E-state index contributed by atoms with van der Waals surface area (Å²) in [6.07, 6.45) is -4.64. The van der Waals surface area contributed by atoms with Gasteiger partial charge >= 0.3 is 6.18 Å². The van der Waals surface area contributed by atoms with Crippen molar-refractivity contribution in [2.24, 2.45) is 0 Å². The van der Waals surface area contributed by atoms with Crippen LogP contribution >= 0.6 is 11.3 Å². The summed E-state index contributed by atoms with van der Waals surface area (Å²) in [5.74, 6) is -0.619. The van der Waals surface area contributed by atoms with Crippen LogP contribution in [-0.4, -0.2) is 15.7 Å². The molecule has 2 N–H and O–H groups in total. The second-order valence-electron chi connectivity index (χ2n) is 5.47. The van der Waals surface area contributed by atoms with Gasteiger partial charge in [-0.15, -0.1) is 11.3 Å². The third-order valence-corrected chi connectivity index (χ3v) is 4.78. The number of alkyl halides is 3. The Balaban J connectivity index is 2.15. The van der Waals surface area contributed by atoms with E-state index in [0.717, 1.165) is 29.5 Å². The molecule has 1 aromatic carbocycles. The number of rotatable bonds is 3. The third-order valence-electron chi connectivity index (χ3n) is 3.68. The van der Waals surface area contributed by atoms with E-state index in [9.17, 15) is 28.1 Å². The molecule has 0 amide bonds. The summed E-state index contributed by atoms with van der Waals surface area (Å²) in [5, 5.41) is 10.4. The molecule has 0 saturated heterocycles. The first-order chi connectivity index (χ1) is 12.1. The van der Waals surface area contributed by atoms with Crippen LogP contribution in [0.2, 0.25) is 0 Å². The van der Waals surface area contributed by atoms with Crippen LogP contribution in [0.4, 0.5) is 24.5 Å². The van der Waals surface area contributed by atoms with E-state index in [4.69, 9.17) is 5.73 Å². The Kier molecular flexibility index (Phi) is 4.15. The summed E-state index contributed by atoms with van der Waals surface area (Å²) in [5.41, 5.74) is 4.63. The molecule has 10 heteroatoms. The van der Waals surface area contributed by atoms with E-state index in [0.29, 0.717) is 0 Å². The fourth-order valence-corrected chi connectivity index (χ4v) is 3.63. The molecule has 2 heterocycles. The number of non-ortho nitro benzene ring substituents is 1. The summed E-state index contributed by atoms with van der Waals surface area (Å²) in [4.78, 5) is 26.6. The monoisotopic (exact) mass is 381 g/mol. The van der Waals surface area contributed by atoms with E-state index in [1.165, 1.54) is 19.1 Å². The molecule has 3 rings (SSSR count). The first-order valence-corrected chi connectivity index (χ1v) is 7.97. The quantitative estimate of drug-likeness (QED) is 0.413. The van der Waals surface area contributed by atoms with Crippen LogP contribution in [0.15, 0.2) is 30.3 Å². The number of carbonyl (C=O) groups excluding carboxylic acids is 1. The van der Waals surface area contributed by atoms with Crippen LogP contribution in [0, 0.1) is 17.0 Å². The number of fused-ring (bicyclic) bond motifs is 1. The number of halogens is 3.